The van der Waals surface area contributed by atoms with Crippen LogP contribution >= 0.6 is 0 Å². The van der Waals surface area contributed by atoms with Crippen molar-refractivity contribution in [3.63, 3.8) is 0 Å². The maximum absolute atomic E-state index is 12.8. The molecule has 1 saturated heterocycles. The van der Waals surface area contributed by atoms with Gasteiger partial charge in [-0.25, -0.2) is 4.79 Å². The van der Waals surface area contributed by atoms with E-state index in [2.05, 4.69) is 5.32 Å². The van der Waals surface area contributed by atoms with Gasteiger partial charge >= 0.3 is 5.69 Å². The number of primary amides is 1. The second-order valence-corrected chi connectivity index (χ2v) is 9.27. The average molecular weight is 563 g/mol. The summed E-state index contributed by atoms with van der Waals surface area (Å²) in [6.07, 6.45) is -10.5. The Morgan fingerprint density at radius 3 is 2.55 bits per heavy atom. The zero-order valence-corrected chi connectivity index (χ0v) is 21.5. The Morgan fingerprint density at radius 2 is 1.90 bits per heavy atom. The van der Waals surface area contributed by atoms with Crippen LogP contribution in [0.4, 0.5) is 0 Å². The predicted molar refractivity (Wildman–Crippen MR) is 134 cm³/mol. The van der Waals surface area contributed by atoms with Crippen molar-refractivity contribution in [3.8, 4) is 0 Å². The van der Waals surface area contributed by atoms with Crippen molar-refractivity contribution >= 4 is 11.8 Å². The molecule has 2 amide bonds. The van der Waals surface area contributed by atoms with Gasteiger partial charge in [0.05, 0.1) is 0 Å². The maximum Gasteiger partial charge on any atom is 0.330 e. The van der Waals surface area contributed by atoms with Crippen molar-refractivity contribution in [1.82, 2.24) is 14.9 Å². The molecule has 0 saturated carbocycles. The van der Waals surface area contributed by atoms with Crippen LogP contribution in [0, 0.1) is 6.92 Å². The molecule has 40 heavy (non-hydrogen) atoms. The third-order valence-corrected chi connectivity index (χ3v) is 6.62. The van der Waals surface area contributed by atoms with Gasteiger partial charge in [0.2, 0.25) is 12.2 Å². The molecule has 0 unspecified atom stereocenters. The molecular formula is C25H30N4O11. The van der Waals surface area contributed by atoms with Crippen LogP contribution in [0.1, 0.15) is 17.4 Å². The number of aliphatic hydroxyl groups is 3. The number of nitrogens with zero attached hydrogens (tertiary/aromatic N) is 1. The molecule has 1 aromatic heterocycles. The molecule has 4 rings (SSSR count). The van der Waals surface area contributed by atoms with Gasteiger partial charge in [-0.1, -0.05) is 24.3 Å². The van der Waals surface area contributed by atoms with Crippen molar-refractivity contribution in [1.29, 1.82) is 0 Å². The number of carbonyl (C=O) groups excluding carboxylic acids is 2. The highest BCUT2D eigenvalue weighted by atomic mass is 16.7. The quantitative estimate of drug-likeness (QED) is 0.184. The summed E-state index contributed by atoms with van der Waals surface area (Å²) in [5, 5.41) is 34.3. The number of rotatable bonds is 9. The van der Waals surface area contributed by atoms with E-state index in [4.69, 9.17) is 24.7 Å². The highest BCUT2D eigenvalue weighted by Gasteiger charge is 2.52. The molecule has 0 bridgehead atoms. The number of benzene rings is 1. The summed E-state index contributed by atoms with van der Waals surface area (Å²) in [5.41, 5.74) is 5.74. The molecule has 1 aromatic carbocycles. The first-order chi connectivity index (χ1) is 19.0. The molecule has 0 spiro atoms. The summed E-state index contributed by atoms with van der Waals surface area (Å²) in [5.74, 6) is -2.23. The highest BCUT2D eigenvalue weighted by Crippen LogP contribution is 2.34. The number of aryl methyl sites for hydroxylation is 1. The van der Waals surface area contributed by atoms with Crippen LogP contribution < -0.4 is 22.3 Å². The van der Waals surface area contributed by atoms with E-state index in [1.165, 1.54) is 7.11 Å². The smallest absolute Gasteiger partial charge is 0.330 e. The van der Waals surface area contributed by atoms with Gasteiger partial charge in [0.25, 0.3) is 11.5 Å². The number of hydrogen-bond acceptors (Lipinski definition) is 11. The zero-order chi connectivity index (χ0) is 29.1. The van der Waals surface area contributed by atoms with Crippen LogP contribution in [-0.4, -0.2) is 86.7 Å². The zero-order valence-electron chi connectivity index (χ0n) is 21.5. The van der Waals surface area contributed by atoms with Crippen LogP contribution in [0.25, 0.3) is 0 Å². The lowest BCUT2D eigenvalue weighted by Gasteiger charge is -2.35. The molecular weight excluding hydrogens is 532 g/mol. The molecule has 7 N–H and O–H groups in total. The number of nitrogens with one attached hydrogen (secondary N) is 2. The predicted octanol–water partition coefficient (Wildman–Crippen LogP) is -2.73. The standard InChI is InChI=1S/C25H30N4O11/c1-11-5-3-4-6-12(11)10-27-22(35)14-9-13(30)16(32)24(38-14)40-20(21(26)34)19-18(37-2)17(33)23(39-19)29-8-7-15(31)28-25(29)36/h3-9,13,16-20,23-24,30,32-33H,10H2,1-2H3,(H2,26,34)(H,27,35)(H,28,31,36)/t13-,16-,17+,18-,19-,20+,23+,24+/m0/s1. The second-order valence-electron chi connectivity index (χ2n) is 9.27. The van der Waals surface area contributed by atoms with Gasteiger partial charge in [-0.15, -0.1) is 0 Å². The Morgan fingerprint density at radius 1 is 1.18 bits per heavy atom. The number of carbonyl (C=O) groups is 2. The number of aliphatic hydroxyl groups excluding tert-OH is 3. The summed E-state index contributed by atoms with van der Waals surface area (Å²) >= 11 is 0. The first-order valence-electron chi connectivity index (χ1n) is 12.2. The van der Waals surface area contributed by atoms with Crippen molar-refractivity contribution in [2.75, 3.05) is 7.11 Å². The summed E-state index contributed by atoms with van der Waals surface area (Å²) in [7, 11) is 1.20. The molecule has 8 atom stereocenters. The number of aromatic amines is 1. The van der Waals surface area contributed by atoms with E-state index in [-0.39, 0.29) is 12.3 Å². The van der Waals surface area contributed by atoms with Gasteiger partial charge in [-0.05, 0) is 24.1 Å². The second kappa shape index (κ2) is 12.1. The summed E-state index contributed by atoms with van der Waals surface area (Å²) in [6, 6.07) is 8.39. The average Bonchev–Trinajstić information content (AvgIpc) is 3.23. The minimum Gasteiger partial charge on any atom is -0.456 e. The Kier molecular flexibility index (Phi) is 8.82. The minimum absolute atomic E-state index is 0.148. The van der Waals surface area contributed by atoms with E-state index in [1.54, 1.807) is 0 Å². The number of aromatic nitrogens is 2. The molecule has 3 heterocycles. The van der Waals surface area contributed by atoms with Crippen molar-refractivity contribution in [2.24, 2.45) is 5.73 Å². The lowest BCUT2D eigenvalue weighted by atomic mass is 10.0. The lowest BCUT2D eigenvalue weighted by Crippen LogP contribution is -2.54. The number of hydrogen-bond donors (Lipinski definition) is 6. The van der Waals surface area contributed by atoms with Crippen LogP contribution in [-0.2, 0) is 35.1 Å². The van der Waals surface area contributed by atoms with Crippen molar-refractivity contribution < 1.29 is 43.9 Å². The van der Waals surface area contributed by atoms with Gasteiger partial charge in [0, 0.05) is 25.9 Å². The third kappa shape index (κ3) is 5.99. The molecule has 2 aliphatic heterocycles. The number of nitrogens with two attached hydrogens (primary N) is 1. The number of amides is 2. The van der Waals surface area contributed by atoms with Crippen molar-refractivity contribution in [3.05, 3.63) is 80.3 Å². The van der Waals surface area contributed by atoms with E-state index in [0.29, 0.717) is 0 Å². The Hall–Kier alpha value is -3.86. The number of H-pyrrole nitrogens is 1. The van der Waals surface area contributed by atoms with Crippen LogP contribution in [0.15, 0.2) is 58.0 Å². The fourth-order valence-corrected chi connectivity index (χ4v) is 4.46. The topological polar surface area (TPSA) is 225 Å². The third-order valence-electron chi connectivity index (χ3n) is 6.62. The van der Waals surface area contributed by atoms with E-state index in [0.717, 1.165) is 34.0 Å². The SMILES string of the molecule is CO[C@H]1[C@@H](O)[C@H](n2ccc(=O)[nH]c2=O)O[C@@H]1[C@@H](O[C@H]1OC(C(=O)NCc2ccccc2C)=C[C@H](O)[C@@H]1O)C(N)=O. The highest BCUT2D eigenvalue weighted by molar-refractivity contribution is 5.91. The van der Waals surface area contributed by atoms with Crippen LogP contribution in [0.2, 0.25) is 0 Å². The van der Waals surface area contributed by atoms with E-state index in [1.807, 2.05) is 36.2 Å². The number of ether oxygens (including phenoxy) is 4. The van der Waals surface area contributed by atoms with E-state index in [9.17, 15) is 34.5 Å². The normalized spacial score (nSPS) is 28.8. The Labute approximate surface area is 226 Å². The molecule has 15 heteroatoms. The molecule has 0 radical (unpaired) electrons. The fraction of sp³-hybridized carbons (Fsp3) is 0.440. The summed E-state index contributed by atoms with van der Waals surface area (Å²) in [4.78, 5) is 50.9. The summed E-state index contributed by atoms with van der Waals surface area (Å²) < 4.78 is 23.0. The maximum atomic E-state index is 12.8. The van der Waals surface area contributed by atoms with Crippen LogP contribution in [0.5, 0.6) is 0 Å². The molecule has 15 nitrogen and oxygen atoms in total. The molecule has 2 aliphatic rings. The lowest BCUT2D eigenvalue weighted by molar-refractivity contribution is -0.241. The largest absolute Gasteiger partial charge is 0.456 e. The van der Waals surface area contributed by atoms with Crippen molar-refractivity contribution in [2.45, 2.75) is 62.6 Å². The summed E-state index contributed by atoms with van der Waals surface area (Å²) in [6.45, 7) is 2.02. The van der Waals surface area contributed by atoms with Crippen LogP contribution in [0.3, 0.4) is 0 Å². The minimum atomic E-state index is -1.77. The molecule has 0 aliphatic carbocycles. The number of methoxy groups -OCH3 is 1. The monoisotopic (exact) mass is 562 g/mol. The Balaban J connectivity index is 1.51. The van der Waals surface area contributed by atoms with Gasteiger partial charge in [-0.2, -0.15) is 0 Å². The van der Waals surface area contributed by atoms with E-state index < -0.39 is 72.2 Å². The van der Waals surface area contributed by atoms with Gasteiger partial charge in [-0.3, -0.25) is 23.9 Å². The molecule has 1 fully saturated rings. The van der Waals surface area contributed by atoms with E-state index >= 15 is 0 Å². The molecule has 216 valence electrons. The van der Waals surface area contributed by atoms with Gasteiger partial charge in [0.15, 0.2) is 18.1 Å². The first-order valence-corrected chi connectivity index (χ1v) is 12.2. The molecule has 2 aromatic rings. The fourth-order valence-electron chi connectivity index (χ4n) is 4.46. The van der Waals surface area contributed by atoms with Gasteiger partial charge < -0.3 is 45.3 Å². The van der Waals surface area contributed by atoms with Gasteiger partial charge in [0.1, 0.15) is 30.5 Å². The Bertz CT molecular complexity index is 1390. The first kappa shape index (κ1) is 29.1.